The average molecular weight is 313 g/mol. The van der Waals surface area contributed by atoms with E-state index < -0.39 is 0 Å². The Morgan fingerprint density at radius 1 is 1.05 bits per heavy atom. The van der Waals surface area contributed by atoms with E-state index in [1.807, 2.05) is 18.2 Å². The number of benzene rings is 1. The summed E-state index contributed by atoms with van der Waals surface area (Å²) < 4.78 is 1.57. The highest BCUT2D eigenvalue weighted by atomic mass is 35.5. The molecule has 0 aliphatic heterocycles. The zero-order valence-electron chi connectivity index (χ0n) is 9.65. The minimum absolute atomic E-state index is 0.508. The van der Waals surface area contributed by atoms with Crippen LogP contribution < -0.4 is 0 Å². The molecular weight excluding hydrogens is 305 g/mol. The van der Waals surface area contributed by atoms with Crippen molar-refractivity contribution in [3.05, 3.63) is 63.0 Å². The van der Waals surface area contributed by atoms with Gasteiger partial charge in [-0.2, -0.15) is 5.10 Å². The minimum atomic E-state index is 0.508. The van der Waals surface area contributed by atoms with Crippen LogP contribution in [0, 0.1) is 0 Å². The van der Waals surface area contributed by atoms with Crippen LogP contribution in [0.5, 0.6) is 0 Å². The topological polar surface area (TPSA) is 30.2 Å². The molecule has 0 fully saturated rings. The Morgan fingerprint density at radius 2 is 1.79 bits per heavy atom. The van der Waals surface area contributed by atoms with Crippen LogP contribution in [-0.4, -0.2) is 14.6 Å². The van der Waals surface area contributed by atoms with E-state index in [-0.39, 0.29) is 0 Å². The molecule has 3 rings (SSSR count). The molecule has 0 aliphatic rings. The molecule has 0 atom stereocenters. The lowest BCUT2D eigenvalue weighted by molar-refractivity contribution is 0.919. The van der Waals surface area contributed by atoms with Gasteiger partial charge in [-0.25, -0.2) is 9.50 Å². The highest BCUT2D eigenvalue weighted by Crippen LogP contribution is 2.27. The second-order valence-electron chi connectivity index (χ2n) is 4.05. The fourth-order valence-corrected chi connectivity index (χ4v) is 2.68. The normalized spacial score (nSPS) is 11.1. The van der Waals surface area contributed by atoms with Crippen molar-refractivity contribution in [1.29, 1.82) is 0 Å². The number of hydrogen-bond acceptors (Lipinski definition) is 2. The number of nitrogens with zero attached hydrogens (tertiary/aromatic N) is 3. The zero-order chi connectivity index (χ0) is 13.4. The van der Waals surface area contributed by atoms with E-state index >= 15 is 0 Å². The van der Waals surface area contributed by atoms with Crippen molar-refractivity contribution >= 4 is 40.4 Å². The van der Waals surface area contributed by atoms with Crippen molar-refractivity contribution < 1.29 is 0 Å². The molecule has 0 saturated carbocycles. The lowest BCUT2D eigenvalue weighted by Crippen LogP contribution is -1.99. The van der Waals surface area contributed by atoms with E-state index in [1.54, 1.807) is 22.8 Å². The van der Waals surface area contributed by atoms with Crippen molar-refractivity contribution in [2.24, 2.45) is 0 Å². The summed E-state index contributed by atoms with van der Waals surface area (Å²) in [4.78, 5) is 4.47. The van der Waals surface area contributed by atoms with Crippen molar-refractivity contribution in [3.63, 3.8) is 0 Å². The van der Waals surface area contributed by atoms with Crippen molar-refractivity contribution in [1.82, 2.24) is 14.6 Å². The number of halogens is 3. The Labute approximate surface area is 124 Å². The maximum Gasteiger partial charge on any atom is 0.156 e. The van der Waals surface area contributed by atoms with Gasteiger partial charge >= 0.3 is 0 Å². The number of aromatic nitrogens is 3. The third-order valence-electron chi connectivity index (χ3n) is 2.79. The second kappa shape index (κ2) is 5.00. The predicted octanol–water partition coefficient (Wildman–Crippen LogP) is 4.28. The first-order valence-electron chi connectivity index (χ1n) is 5.57. The Balaban J connectivity index is 2.06. The summed E-state index contributed by atoms with van der Waals surface area (Å²) in [6.45, 7) is 0. The van der Waals surface area contributed by atoms with E-state index in [0.717, 1.165) is 11.3 Å². The number of fused-ring (bicyclic) bond motifs is 1. The van der Waals surface area contributed by atoms with E-state index in [2.05, 4.69) is 10.1 Å². The zero-order valence-corrected chi connectivity index (χ0v) is 11.9. The highest BCUT2D eigenvalue weighted by molar-refractivity contribution is 6.36. The van der Waals surface area contributed by atoms with Crippen molar-refractivity contribution in [3.8, 4) is 0 Å². The van der Waals surface area contributed by atoms with Gasteiger partial charge < -0.3 is 0 Å². The van der Waals surface area contributed by atoms with Gasteiger partial charge in [0.05, 0.1) is 11.9 Å². The summed E-state index contributed by atoms with van der Waals surface area (Å²) in [5, 5.41) is 5.83. The summed E-state index contributed by atoms with van der Waals surface area (Å²) >= 11 is 18.5. The van der Waals surface area contributed by atoms with Gasteiger partial charge in [0.1, 0.15) is 5.15 Å². The fraction of sp³-hybridized carbons (Fsp3) is 0.0769. The van der Waals surface area contributed by atoms with Gasteiger partial charge in [-0.1, -0.05) is 40.9 Å². The predicted molar refractivity (Wildman–Crippen MR) is 77.3 cm³/mol. The summed E-state index contributed by atoms with van der Waals surface area (Å²) in [6, 6.07) is 8.99. The third kappa shape index (κ3) is 2.41. The van der Waals surface area contributed by atoms with Crippen LogP contribution >= 0.6 is 34.8 Å². The molecule has 96 valence electrons. The Bertz CT molecular complexity index is 732. The van der Waals surface area contributed by atoms with E-state index in [4.69, 9.17) is 34.8 Å². The first-order valence-corrected chi connectivity index (χ1v) is 6.70. The molecule has 0 saturated heterocycles. The Kier molecular flexibility index (Phi) is 3.35. The number of rotatable bonds is 2. The van der Waals surface area contributed by atoms with E-state index in [9.17, 15) is 0 Å². The molecule has 19 heavy (non-hydrogen) atoms. The first-order chi connectivity index (χ1) is 9.15. The standard InChI is InChI=1S/C13H8Cl3N3/c14-10-2-1-3-11(15)9(10)6-8-7-12(16)19-13(18-8)4-5-17-19/h1-5,7H,6H2. The monoisotopic (exact) mass is 311 g/mol. The molecular formula is C13H8Cl3N3. The summed E-state index contributed by atoms with van der Waals surface area (Å²) in [7, 11) is 0. The number of hydrogen-bond donors (Lipinski definition) is 0. The molecule has 1 aromatic carbocycles. The van der Waals surface area contributed by atoms with Crippen LogP contribution in [0.3, 0.4) is 0 Å². The van der Waals surface area contributed by atoms with Gasteiger partial charge in [0, 0.05) is 22.5 Å². The van der Waals surface area contributed by atoms with Gasteiger partial charge in [-0.05, 0) is 23.8 Å². The first kappa shape index (κ1) is 12.7. The summed E-state index contributed by atoms with van der Waals surface area (Å²) in [6.07, 6.45) is 2.18. The Hall–Kier alpha value is -1.29. The molecule has 2 heterocycles. The highest BCUT2D eigenvalue weighted by Gasteiger charge is 2.10. The molecule has 3 aromatic rings. The Morgan fingerprint density at radius 3 is 2.53 bits per heavy atom. The maximum atomic E-state index is 6.15. The second-order valence-corrected chi connectivity index (χ2v) is 5.25. The fourth-order valence-electron chi connectivity index (χ4n) is 1.90. The van der Waals surface area contributed by atoms with Crippen LogP contribution in [0.25, 0.3) is 5.65 Å². The lowest BCUT2D eigenvalue weighted by Gasteiger charge is -2.07. The molecule has 0 spiro atoms. The van der Waals surface area contributed by atoms with Crippen LogP contribution in [0.15, 0.2) is 36.5 Å². The summed E-state index contributed by atoms with van der Waals surface area (Å²) in [5.41, 5.74) is 2.34. The average Bonchev–Trinajstić information content (AvgIpc) is 2.83. The van der Waals surface area contributed by atoms with E-state index in [0.29, 0.717) is 27.3 Å². The van der Waals surface area contributed by atoms with Crippen LogP contribution in [0.2, 0.25) is 15.2 Å². The van der Waals surface area contributed by atoms with Crippen molar-refractivity contribution in [2.75, 3.05) is 0 Å². The molecule has 0 unspecified atom stereocenters. The van der Waals surface area contributed by atoms with Gasteiger partial charge in [0.15, 0.2) is 5.65 Å². The molecule has 0 N–H and O–H groups in total. The molecule has 0 bridgehead atoms. The minimum Gasteiger partial charge on any atom is -0.233 e. The molecule has 0 radical (unpaired) electrons. The smallest absolute Gasteiger partial charge is 0.156 e. The lowest BCUT2D eigenvalue weighted by atomic mass is 10.1. The van der Waals surface area contributed by atoms with Gasteiger partial charge in [-0.15, -0.1) is 0 Å². The molecule has 3 nitrogen and oxygen atoms in total. The largest absolute Gasteiger partial charge is 0.233 e. The van der Waals surface area contributed by atoms with E-state index in [1.165, 1.54) is 0 Å². The van der Waals surface area contributed by atoms with Crippen molar-refractivity contribution in [2.45, 2.75) is 6.42 Å². The third-order valence-corrected chi connectivity index (χ3v) is 3.77. The van der Waals surface area contributed by atoms with Gasteiger partial charge in [-0.3, -0.25) is 0 Å². The maximum absolute atomic E-state index is 6.15. The van der Waals surface area contributed by atoms with Gasteiger partial charge in [0.2, 0.25) is 0 Å². The summed E-state index contributed by atoms with van der Waals surface area (Å²) in [5.74, 6) is 0. The molecule has 0 amide bonds. The van der Waals surface area contributed by atoms with Crippen LogP contribution in [-0.2, 0) is 6.42 Å². The quantitative estimate of drug-likeness (QED) is 0.661. The van der Waals surface area contributed by atoms with Gasteiger partial charge in [0.25, 0.3) is 0 Å². The molecule has 6 heteroatoms. The SMILES string of the molecule is Clc1cccc(Cl)c1Cc1cc(Cl)n2nccc2n1. The van der Waals surface area contributed by atoms with Crippen LogP contribution in [0.4, 0.5) is 0 Å². The molecule has 0 aliphatic carbocycles. The van der Waals surface area contributed by atoms with Crippen LogP contribution in [0.1, 0.15) is 11.3 Å². The molecule has 2 aromatic heterocycles.